The molecule has 0 amide bonds. The van der Waals surface area contributed by atoms with Crippen LogP contribution in [0.15, 0.2) is 21.6 Å². The molecule has 0 bridgehead atoms. The highest BCUT2D eigenvalue weighted by molar-refractivity contribution is 9.10. The van der Waals surface area contributed by atoms with Gasteiger partial charge in [0.05, 0.1) is 5.69 Å². The first-order valence-corrected chi connectivity index (χ1v) is 8.00. The Morgan fingerprint density at radius 3 is 2.56 bits per heavy atom. The van der Waals surface area contributed by atoms with Gasteiger partial charge in [0.15, 0.2) is 0 Å². The smallest absolute Gasteiger partial charge is 0.244 e. The summed E-state index contributed by atoms with van der Waals surface area (Å²) in [5.74, 6) is 0. The number of sulfonamides is 1. The van der Waals surface area contributed by atoms with E-state index >= 15 is 0 Å². The monoisotopic (exact) mass is 331 g/mol. The summed E-state index contributed by atoms with van der Waals surface area (Å²) in [7, 11) is -3.37. The Kier molecular flexibility index (Phi) is 2.78. The standard InChI is InChI=1S/C11H14BrN3O2S/c1-8-9(2-3-10(12)14-8)18(16,17)15-6-11(7-15)4-13-5-11/h2-3,13H,4-7H2,1H3. The van der Waals surface area contributed by atoms with Gasteiger partial charge in [-0.15, -0.1) is 0 Å². The number of pyridine rings is 1. The fourth-order valence-corrected chi connectivity index (χ4v) is 4.73. The first-order valence-electron chi connectivity index (χ1n) is 5.77. The number of halogens is 1. The zero-order valence-electron chi connectivity index (χ0n) is 9.98. The molecule has 1 aromatic heterocycles. The van der Waals surface area contributed by atoms with E-state index in [-0.39, 0.29) is 5.41 Å². The van der Waals surface area contributed by atoms with Crippen LogP contribution in [0.5, 0.6) is 0 Å². The normalized spacial score (nSPS) is 22.6. The minimum absolute atomic E-state index is 0.198. The molecular weight excluding hydrogens is 318 g/mol. The lowest BCUT2D eigenvalue weighted by atomic mass is 9.76. The fraction of sp³-hybridized carbons (Fsp3) is 0.545. The van der Waals surface area contributed by atoms with Crippen molar-refractivity contribution < 1.29 is 8.42 Å². The van der Waals surface area contributed by atoms with Gasteiger partial charge in [-0.25, -0.2) is 13.4 Å². The van der Waals surface area contributed by atoms with Crippen molar-refractivity contribution in [3.63, 3.8) is 0 Å². The van der Waals surface area contributed by atoms with E-state index < -0.39 is 10.0 Å². The lowest BCUT2D eigenvalue weighted by Gasteiger charge is -2.55. The maximum Gasteiger partial charge on any atom is 0.244 e. The summed E-state index contributed by atoms with van der Waals surface area (Å²) >= 11 is 3.24. The second-order valence-corrected chi connectivity index (χ2v) is 7.81. The van der Waals surface area contributed by atoms with Gasteiger partial charge in [0.25, 0.3) is 0 Å². The van der Waals surface area contributed by atoms with Gasteiger partial charge in [-0.05, 0) is 35.0 Å². The van der Waals surface area contributed by atoms with E-state index in [0.717, 1.165) is 13.1 Å². The van der Waals surface area contributed by atoms with E-state index in [9.17, 15) is 8.42 Å². The molecule has 0 aliphatic carbocycles. The van der Waals surface area contributed by atoms with Crippen LogP contribution in [-0.2, 0) is 10.0 Å². The second-order valence-electron chi connectivity index (χ2n) is 5.09. The third-order valence-corrected chi connectivity index (χ3v) is 6.01. The summed E-state index contributed by atoms with van der Waals surface area (Å²) in [5, 5.41) is 3.19. The number of aryl methyl sites for hydroxylation is 1. The molecule has 0 atom stereocenters. The lowest BCUT2D eigenvalue weighted by molar-refractivity contribution is 0.0164. The largest absolute Gasteiger partial charge is 0.315 e. The zero-order chi connectivity index (χ0) is 13.0. The van der Waals surface area contributed by atoms with Crippen molar-refractivity contribution in [1.82, 2.24) is 14.6 Å². The maximum absolute atomic E-state index is 12.4. The Hall–Kier alpha value is -0.500. The molecule has 1 N–H and O–H groups in total. The van der Waals surface area contributed by atoms with Gasteiger partial charge in [-0.2, -0.15) is 4.31 Å². The number of hydrogen-bond acceptors (Lipinski definition) is 4. The van der Waals surface area contributed by atoms with Crippen molar-refractivity contribution in [2.45, 2.75) is 11.8 Å². The Morgan fingerprint density at radius 1 is 1.39 bits per heavy atom. The van der Waals surface area contributed by atoms with Gasteiger partial charge in [0, 0.05) is 31.6 Å². The molecule has 0 saturated carbocycles. The first kappa shape index (κ1) is 12.5. The molecule has 1 spiro atoms. The molecule has 18 heavy (non-hydrogen) atoms. The van der Waals surface area contributed by atoms with E-state index in [1.54, 1.807) is 23.4 Å². The van der Waals surface area contributed by atoms with Gasteiger partial charge >= 0.3 is 0 Å². The molecule has 5 nitrogen and oxygen atoms in total. The van der Waals surface area contributed by atoms with Gasteiger partial charge in [-0.3, -0.25) is 0 Å². The fourth-order valence-electron chi connectivity index (χ4n) is 2.50. The summed E-state index contributed by atoms with van der Waals surface area (Å²) in [5.41, 5.74) is 0.737. The Morgan fingerprint density at radius 2 is 2.06 bits per heavy atom. The molecule has 2 aliphatic rings. The molecule has 98 valence electrons. The molecule has 7 heteroatoms. The van der Waals surface area contributed by atoms with Crippen molar-refractivity contribution in [2.75, 3.05) is 26.2 Å². The van der Waals surface area contributed by atoms with E-state index in [0.29, 0.717) is 28.3 Å². The lowest BCUT2D eigenvalue weighted by Crippen LogP contribution is -2.71. The minimum Gasteiger partial charge on any atom is -0.315 e. The van der Waals surface area contributed by atoms with Crippen molar-refractivity contribution in [3.8, 4) is 0 Å². The molecule has 3 heterocycles. The predicted molar refractivity (Wildman–Crippen MR) is 70.7 cm³/mol. The van der Waals surface area contributed by atoms with Crippen LogP contribution in [0.4, 0.5) is 0 Å². The molecule has 1 aromatic rings. The van der Waals surface area contributed by atoms with E-state index in [1.807, 2.05) is 0 Å². The van der Waals surface area contributed by atoms with Crippen LogP contribution in [0.3, 0.4) is 0 Å². The molecule has 3 rings (SSSR count). The van der Waals surface area contributed by atoms with Crippen LogP contribution in [0.1, 0.15) is 5.69 Å². The molecule has 0 radical (unpaired) electrons. The summed E-state index contributed by atoms with van der Waals surface area (Å²) in [4.78, 5) is 4.46. The third-order valence-electron chi connectivity index (χ3n) is 3.64. The van der Waals surface area contributed by atoms with Gasteiger partial charge in [-0.1, -0.05) is 0 Å². The van der Waals surface area contributed by atoms with E-state index in [2.05, 4.69) is 26.2 Å². The van der Waals surface area contributed by atoms with Crippen molar-refractivity contribution in [2.24, 2.45) is 5.41 Å². The zero-order valence-corrected chi connectivity index (χ0v) is 12.4. The van der Waals surface area contributed by atoms with Crippen LogP contribution in [-0.4, -0.2) is 43.9 Å². The molecule has 2 fully saturated rings. The van der Waals surface area contributed by atoms with Crippen LogP contribution in [0.2, 0.25) is 0 Å². The van der Waals surface area contributed by atoms with E-state index in [4.69, 9.17) is 0 Å². The van der Waals surface area contributed by atoms with Crippen LogP contribution in [0.25, 0.3) is 0 Å². The van der Waals surface area contributed by atoms with Crippen molar-refractivity contribution >= 4 is 26.0 Å². The number of aromatic nitrogens is 1. The highest BCUT2D eigenvalue weighted by Gasteiger charge is 2.52. The summed E-state index contributed by atoms with van der Waals surface area (Å²) in [6.45, 7) is 4.82. The number of hydrogen-bond donors (Lipinski definition) is 1. The second kappa shape index (κ2) is 4.00. The Labute approximate surface area is 115 Å². The van der Waals surface area contributed by atoms with Crippen LogP contribution in [0, 0.1) is 12.3 Å². The molecule has 0 unspecified atom stereocenters. The predicted octanol–water partition coefficient (Wildman–Crippen LogP) is 0.746. The van der Waals surface area contributed by atoms with Gasteiger partial charge < -0.3 is 5.32 Å². The average Bonchev–Trinajstić information content (AvgIpc) is 2.11. The maximum atomic E-state index is 12.4. The number of nitrogens with zero attached hydrogens (tertiary/aromatic N) is 2. The summed E-state index contributed by atoms with van der Waals surface area (Å²) < 4.78 is 27.1. The molecule has 0 aromatic carbocycles. The quantitative estimate of drug-likeness (QED) is 0.812. The van der Waals surface area contributed by atoms with Crippen molar-refractivity contribution in [1.29, 1.82) is 0 Å². The topological polar surface area (TPSA) is 62.3 Å². The highest BCUT2D eigenvalue weighted by atomic mass is 79.9. The number of nitrogens with one attached hydrogen (secondary N) is 1. The van der Waals surface area contributed by atoms with Crippen LogP contribution >= 0.6 is 15.9 Å². The molecule has 2 saturated heterocycles. The minimum atomic E-state index is -3.37. The van der Waals surface area contributed by atoms with Crippen molar-refractivity contribution in [3.05, 3.63) is 22.4 Å². The highest BCUT2D eigenvalue weighted by Crippen LogP contribution is 2.38. The number of rotatable bonds is 2. The Balaban J connectivity index is 1.86. The summed E-state index contributed by atoms with van der Waals surface area (Å²) in [6, 6.07) is 3.28. The molecule has 2 aliphatic heterocycles. The first-order chi connectivity index (χ1) is 8.43. The average molecular weight is 332 g/mol. The third kappa shape index (κ3) is 1.80. The van der Waals surface area contributed by atoms with E-state index in [1.165, 1.54) is 0 Å². The Bertz CT molecular complexity index is 590. The molecular formula is C11H14BrN3O2S. The van der Waals surface area contributed by atoms with Crippen LogP contribution < -0.4 is 5.32 Å². The summed E-state index contributed by atoms with van der Waals surface area (Å²) in [6.07, 6.45) is 0. The van der Waals surface area contributed by atoms with Gasteiger partial charge in [0.1, 0.15) is 9.50 Å². The van der Waals surface area contributed by atoms with Gasteiger partial charge in [0.2, 0.25) is 10.0 Å². The SMILES string of the molecule is Cc1nc(Br)ccc1S(=O)(=O)N1CC2(CNC2)C1.